The van der Waals surface area contributed by atoms with Gasteiger partial charge in [0, 0.05) is 50.4 Å². The third-order valence-corrected chi connectivity index (χ3v) is 17.2. The van der Waals surface area contributed by atoms with E-state index in [4.69, 9.17) is 4.42 Å². The molecule has 0 unspecified atom stereocenters. The molecule has 0 aliphatic heterocycles. The molecule has 0 fully saturated rings. The van der Waals surface area contributed by atoms with Crippen molar-refractivity contribution in [1.29, 1.82) is 0 Å². The van der Waals surface area contributed by atoms with Gasteiger partial charge in [-0.3, -0.25) is 0 Å². The summed E-state index contributed by atoms with van der Waals surface area (Å²) < 4.78 is 9.08. The Morgan fingerprint density at radius 3 is 1.51 bits per heavy atom. The van der Waals surface area contributed by atoms with Crippen molar-refractivity contribution in [1.82, 2.24) is 4.57 Å². The Kier molecular flexibility index (Phi) is 9.59. The first-order valence-electron chi connectivity index (χ1n) is 27.0. The fourth-order valence-electron chi connectivity index (χ4n) is 14.1. The van der Waals surface area contributed by atoms with Crippen molar-refractivity contribution in [3.05, 3.63) is 324 Å². The van der Waals surface area contributed by atoms with E-state index in [1.165, 1.54) is 77.5 Å². The number of benzene rings is 11. The quantitative estimate of drug-likeness (QED) is 0.151. The number of anilines is 3. The highest BCUT2D eigenvalue weighted by atomic mass is 16.3. The number of nitrogens with zero attached hydrogens (tertiary/aromatic N) is 2. The molecule has 2 heterocycles. The van der Waals surface area contributed by atoms with Crippen LogP contribution in [0.1, 0.15) is 51.8 Å². The van der Waals surface area contributed by atoms with Crippen LogP contribution in [0.2, 0.25) is 0 Å². The Bertz CT molecular complexity index is 4480. The summed E-state index contributed by atoms with van der Waals surface area (Å²) in [6, 6.07) is 97.0. The second-order valence-corrected chi connectivity index (χ2v) is 21.0. The van der Waals surface area contributed by atoms with Crippen LogP contribution >= 0.6 is 0 Å². The van der Waals surface area contributed by atoms with E-state index < -0.39 is 10.8 Å². The van der Waals surface area contributed by atoms with Crippen LogP contribution in [0.3, 0.4) is 0 Å². The number of hydrogen-bond donors (Lipinski definition) is 0. The van der Waals surface area contributed by atoms with Crippen molar-refractivity contribution in [2.45, 2.75) is 23.7 Å². The van der Waals surface area contributed by atoms with Gasteiger partial charge in [-0.1, -0.05) is 206 Å². The molecule has 13 aromatic rings. The van der Waals surface area contributed by atoms with Crippen LogP contribution in [-0.4, -0.2) is 4.57 Å². The summed E-state index contributed by atoms with van der Waals surface area (Å²) in [6.45, 7) is 0. The Balaban J connectivity index is 0.938. The first-order chi connectivity index (χ1) is 38.2. The van der Waals surface area contributed by atoms with Crippen LogP contribution in [0.4, 0.5) is 17.1 Å². The van der Waals surface area contributed by atoms with Crippen molar-refractivity contribution in [3.63, 3.8) is 0 Å². The monoisotopic (exact) mass is 982 g/mol. The second-order valence-electron chi connectivity index (χ2n) is 21.0. The van der Waals surface area contributed by atoms with Crippen molar-refractivity contribution >= 4 is 60.8 Å². The minimum Gasteiger partial charge on any atom is -0.456 e. The Hall–Kier alpha value is -9.70. The fourth-order valence-corrected chi connectivity index (χ4v) is 14.1. The zero-order chi connectivity index (χ0) is 50.7. The molecule has 0 saturated carbocycles. The molecule has 0 bridgehead atoms. The van der Waals surface area contributed by atoms with E-state index in [9.17, 15) is 0 Å². The third kappa shape index (κ3) is 6.20. The normalized spacial score (nSPS) is 14.6. The van der Waals surface area contributed by atoms with Gasteiger partial charge >= 0.3 is 0 Å². The molecule has 0 spiro atoms. The summed E-state index contributed by atoms with van der Waals surface area (Å²) >= 11 is 0. The van der Waals surface area contributed by atoms with E-state index >= 15 is 0 Å². The molecule has 3 nitrogen and oxygen atoms in total. The number of allylic oxidation sites excluding steroid dienone is 4. The topological polar surface area (TPSA) is 21.3 Å². The summed E-state index contributed by atoms with van der Waals surface area (Å²) in [4.78, 5) is 2.42. The number of aromatic nitrogens is 1. The van der Waals surface area contributed by atoms with Gasteiger partial charge in [0.15, 0.2) is 0 Å². The Labute approximate surface area is 447 Å². The lowest BCUT2D eigenvalue weighted by molar-refractivity contribution is 0.669. The summed E-state index contributed by atoms with van der Waals surface area (Å²) in [7, 11) is 0. The van der Waals surface area contributed by atoms with E-state index in [0.29, 0.717) is 0 Å². The largest absolute Gasteiger partial charge is 0.456 e. The maximum atomic E-state index is 6.64. The van der Waals surface area contributed by atoms with E-state index in [2.05, 4.69) is 282 Å². The summed E-state index contributed by atoms with van der Waals surface area (Å²) in [5.41, 5.74) is 23.0. The van der Waals surface area contributed by atoms with Gasteiger partial charge in [-0.2, -0.15) is 0 Å². The van der Waals surface area contributed by atoms with Crippen LogP contribution in [0.25, 0.3) is 71.7 Å². The zero-order valence-corrected chi connectivity index (χ0v) is 42.3. The number of furan rings is 1. The van der Waals surface area contributed by atoms with Crippen molar-refractivity contribution in [3.8, 4) is 27.9 Å². The molecule has 3 heteroatoms. The highest BCUT2D eigenvalue weighted by Gasteiger charge is 2.48. The van der Waals surface area contributed by atoms with Gasteiger partial charge in [0.1, 0.15) is 11.2 Å². The average Bonchev–Trinajstić information content (AvgIpc) is 4.28. The molecule has 0 atom stereocenters. The first-order valence-corrected chi connectivity index (χ1v) is 27.0. The van der Waals surface area contributed by atoms with E-state index in [1.807, 2.05) is 6.07 Å². The molecule has 3 aliphatic rings. The van der Waals surface area contributed by atoms with Gasteiger partial charge in [0.2, 0.25) is 0 Å². The maximum absolute atomic E-state index is 6.64. The molecule has 16 rings (SSSR count). The van der Waals surface area contributed by atoms with Crippen molar-refractivity contribution in [2.75, 3.05) is 4.90 Å². The predicted octanol–water partition coefficient (Wildman–Crippen LogP) is 19.1. The predicted molar refractivity (Wildman–Crippen MR) is 318 cm³/mol. The van der Waals surface area contributed by atoms with Crippen LogP contribution in [0.5, 0.6) is 0 Å². The summed E-state index contributed by atoms with van der Waals surface area (Å²) in [5.74, 6) is 0. The van der Waals surface area contributed by atoms with Crippen LogP contribution in [0.15, 0.2) is 289 Å². The van der Waals surface area contributed by atoms with Crippen molar-refractivity contribution < 1.29 is 4.42 Å². The minimum atomic E-state index is -0.543. The van der Waals surface area contributed by atoms with Crippen molar-refractivity contribution in [2.24, 2.45) is 0 Å². The maximum Gasteiger partial charge on any atom is 0.137 e. The van der Waals surface area contributed by atoms with Gasteiger partial charge in [-0.25, -0.2) is 0 Å². The first kappa shape index (κ1) is 43.7. The lowest BCUT2D eigenvalue weighted by Gasteiger charge is -2.37. The Morgan fingerprint density at radius 1 is 0.364 bits per heavy atom. The van der Waals surface area contributed by atoms with Gasteiger partial charge < -0.3 is 13.9 Å². The molecule has 362 valence electrons. The SMILES string of the molecule is C1=CCCC(C2(c3ccc(N(c4ccc5c(c4)oc4ccccc45)c4ccc5c(c4)c4cc(C6(c7ccccc7)c7ccccc7-c7ccccc76)ccc4n5-c4ccccc4)cc3)c3ccccc3-c3ccccc32)=C1. The van der Waals surface area contributed by atoms with Crippen LogP contribution in [-0.2, 0) is 10.8 Å². The molecule has 11 aromatic carbocycles. The number of rotatable bonds is 8. The summed E-state index contributed by atoms with van der Waals surface area (Å²) in [6.07, 6.45) is 8.95. The molecule has 0 amide bonds. The molecule has 77 heavy (non-hydrogen) atoms. The third-order valence-electron chi connectivity index (χ3n) is 17.2. The molecule has 2 aromatic heterocycles. The second kappa shape index (κ2) is 16.9. The van der Waals surface area contributed by atoms with Gasteiger partial charge in [-0.15, -0.1) is 0 Å². The lowest BCUT2D eigenvalue weighted by Crippen LogP contribution is -2.30. The minimum absolute atomic E-state index is 0.429. The zero-order valence-electron chi connectivity index (χ0n) is 42.3. The molecule has 0 N–H and O–H groups in total. The standard InChI is InChI=1S/C74H50N2O/c1-4-20-49(21-5-1)73(65-31-15-10-26-57(65)58-27-11-16-32-66(58)73)51-36-39-54(40-37-51)75(56-41-43-62-61-30-14-19-35-71(61)77-72(62)48-56)55-42-45-70-64(47-55)63-46-52(38-44-69(63)76(70)53-24-8-3-9-25-53)74(50-22-6-2-7-23-50)67-33-17-12-28-59(67)60-29-13-18-34-68(60)74/h1-4,6-20,22-48H,5,21H2. The van der Waals surface area contributed by atoms with E-state index in [-0.39, 0.29) is 0 Å². The molecular formula is C74H50N2O. The van der Waals surface area contributed by atoms with Crippen LogP contribution < -0.4 is 4.90 Å². The highest BCUT2D eigenvalue weighted by molar-refractivity contribution is 6.12. The molecule has 3 aliphatic carbocycles. The van der Waals surface area contributed by atoms with E-state index in [0.717, 1.165) is 68.6 Å². The number of para-hydroxylation sites is 2. The highest BCUT2D eigenvalue weighted by Crippen LogP contribution is 2.59. The van der Waals surface area contributed by atoms with Crippen LogP contribution in [0, 0.1) is 0 Å². The summed E-state index contributed by atoms with van der Waals surface area (Å²) in [5, 5.41) is 4.59. The van der Waals surface area contributed by atoms with Gasteiger partial charge in [-0.05, 0) is 147 Å². The fraction of sp³-hybridized carbons (Fsp3) is 0.0541. The smallest absolute Gasteiger partial charge is 0.137 e. The molecule has 0 radical (unpaired) electrons. The molecular weight excluding hydrogens is 933 g/mol. The Morgan fingerprint density at radius 2 is 0.857 bits per heavy atom. The van der Waals surface area contributed by atoms with E-state index in [1.54, 1.807) is 0 Å². The van der Waals surface area contributed by atoms with Gasteiger partial charge in [0.25, 0.3) is 0 Å². The average molecular weight is 983 g/mol. The molecule has 0 saturated heterocycles. The number of fused-ring (bicyclic) bond motifs is 12. The van der Waals surface area contributed by atoms with Gasteiger partial charge in [0.05, 0.1) is 21.9 Å². The number of hydrogen-bond acceptors (Lipinski definition) is 2. The lowest BCUT2D eigenvalue weighted by atomic mass is 9.65.